The fraction of sp³-hybridized carbons (Fsp3) is 0.125. The summed E-state index contributed by atoms with van der Waals surface area (Å²) in [6, 6.07) is 5.61. The van der Waals surface area contributed by atoms with Gasteiger partial charge in [0.05, 0.1) is 5.69 Å². The first-order valence-corrected chi connectivity index (χ1v) is 5.71. The van der Waals surface area contributed by atoms with Crippen LogP contribution >= 0.6 is 46.8 Å². The molecule has 0 aliphatic carbocycles. The Bertz CT molecular complexity index is 399. The summed E-state index contributed by atoms with van der Waals surface area (Å²) < 4.78 is 23.1. The Balaban J connectivity index is 2.99. The Morgan fingerprint density at radius 2 is 2.06 bits per heavy atom. The molecule has 0 atom stereocenters. The second-order valence-electron chi connectivity index (χ2n) is 2.56. The van der Waals surface area contributed by atoms with Crippen LogP contribution in [-0.2, 0) is 0 Å². The van der Waals surface area contributed by atoms with E-state index in [0.29, 0.717) is 4.31 Å². The number of carbonyl (C=O) groups excluding carboxylic acids is 1. The molecule has 1 amide bonds. The van der Waals surface area contributed by atoms with Crippen molar-refractivity contribution in [3.05, 3.63) is 29.3 Å². The van der Waals surface area contributed by atoms with Crippen molar-refractivity contribution in [3.8, 4) is 0 Å². The van der Waals surface area contributed by atoms with E-state index >= 15 is 0 Å². The predicted octanol–water partition coefficient (Wildman–Crippen LogP) is 4.94. The molecule has 1 aromatic rings. The van der Waals surface area contributed by atoms with Gasteiger partial charge in [0.1, 0.15) is 0 Å². The molecule has 0 saturated heterocycles. The van der Waals surface area contributed by atoms with E-state index in [1.54, 1.807) is 0 Å². The normalized spacial score (nSPS) is 11.3. The third-order valence-electron chi connectivity index (χ3n) is 1.40. The third-order valence-corrected chi connectivity index (χ3v) is 2.79. The number of hydrogen-bond acceptors (Lipinski definition) is 2. The topological polar surface area (TPSA) is 20.3 Å². The predicted molar refractivity (Wildman–Crippen MR) is 63.6 cm³/mol. The maximum absolute atomic E-state index is 12.9. The van der Waals surface area contributed by atoms with Crippen LogP contribution in [0, 0.1) is 0 Å². The first-order valence-electron chi connectivity index (χ1n) is 3.80. The number of alkyl halides is 3. The van der Waals surface area contributed by atoms with Gasteiger partial charge in [-0.2, -0.15) is 4.39 Å². The molecule has 0 unspecified atom stereocenters. The number of nitrogens with zero attached hydrogens (tertiary/aromatic N) is 1. The molecule has 88 valence electrons. The van der Waals surface area contributed by atoms with Gasteiger partial charge in [0.2, 0.25) is 0 Å². The van der Waals surface area contributed by atoms with Gasteiger partial charge >= 0.3 is 10.1 Å². The molecule has 0 N–H and O–H groups in total. The fourth-order valence-corrected chi connectivity index (χ4v) is 1.99. The number of amides is 1. The largest absolute Gasteiger partial charge is 0.415 e. The number of halogens is 5. The average Bonchev–Trinajstić information content (AvgIpc) is 2.12. The van der Waals surface area contributed by atoms with Gasteiger partial charge in [0, 0.05) is 17.0 Å². The standard InChI is InChI=1S/C8H4Cl3F2NOS/c9-5-2-1-3-6(4-5)14(7(12)15)16-8(10,11)13/h1-4H. The van der Waals surface area contributed by atoms with Gasteiger partial charge in [0.15, 0.2) is 0 Å². The lowest BCUT2D eigenvalue weighted by molar-refractivity contribution is 0.232. The van der Waals surface area contributed by atoms with E-state index in [1.165, 1.54) is 24.3 Å². The Morgan fingerprint density at radius 1 is 1.44 bits per heavy atom. The van der Waals surface area contributed by atoms with E-state index in [9.17, 15) is 13.6 Å². The SMILES string of the molecule is O=C(F)N(SC(F)(Cl)Cl)c1cccc(Cl)c1. The summed E-state index contributed by atoms with van der Waals surface area (Å²) >= 11 is 15.7. The summed E-state index contributed by atoms with van der Waals surface area (Å²) in [5.74, 6) is 0. The summed E-state index contributed by atoms with van der Waals surface area (Å²) in [5.41, 5.74) is 0.0355. The van der Waals surface area contributed by atoms with Gasteiger partial charge in [-0.3, -0.25) is 0 Å². The summed E-state index contributed by atoms with van der Waals surface area (Å²) in [4.78, 5) is 10.6. The highest BCUT2D eigenvalue weighted by atomic mass is 35.5. The molecular formula is C8H4Cl3F2NOS. The van der Waals surface area contributed by atoms with Gasteiger partial charge in [-0.25, -0.2) is 9.10 Å². The van der Waals surface area contributed by atoms with Crippen LogP contribution in [0.2, 0.25) is 5.02 Å². The van der Waals surface area contributed by atoms with Crippen molar-refractivity contribution >= 4 is 58.6 Å². The fourth-order valence-electron chi connectivity index (χ4n) is 0.896. The Morgan fingerprint density at radius 3 is 2.50 bits per heavy atom. The van der Waals surface area contributed by atoms with Crippen LogP contribution in [0.1, 0.15) is 0 Å². The molecule has 0 saturated carbocycles. The van der Waals surface area contributed by atoms with Gasteiger partial charge in [-0.1, -0.05) is 40.9 Å². The van der Waals surface area contributed by atoms with Crippen LogP contribution in [0.5, 0.6) is 0 Å². The maximum Gasteiger partial charge on any atom is 0.415 e. The molecule has 16 heavy (non-hydrogen) atoms. The average molecular weight is 307 g/mol. The Kier molecular flexibility index (Phi) is 4.67. The van der Waals surface area contributed by atoms with E-state index < -0.39 is 10.1 Å². The third kappa shape index (κ3) is 4.33. The van der Waals surface area contributed by atoms with E-state index in [2.05, 4.69) is 0 Å². The monoisotopic (exact) mass is 305 g/mol. The summed E-state index contributed by atoms with van der Waals surface area (Å²) in [6.07, 6.45) is -1.91. The van der Waals surface area contributed by atoms with Gasteiger partial charge in [0.25, 0.3) is 0 Å². The zero-order valence-corrected chi connectivity index (χ0v) is 10.5. The smallest absolute Gasteiger partial charge is 0.233 e. The number of hydrogen-bond donors (Lipinski definition) is 0. The van der Waals surface area contributed by atoms with Crippen molar-refractivity contribution in [3.63, 3.8) is 0 Å². The maximum atomic E-state index is 12.9. The van der Waals surface area contributed by atoms with E-state index in [0.717, 1.165) is 0 Å². The Hall–Kier alpha value is -0.230. The van der Waals surface area contributed by atoms with Crippen LogP contribution in [-0.4, -0.2) is 10.1 Å². The highest BCUT2D eigenvalue weighted by Gasteiger charge is 2.31. The molecule has 1 aromatic carbocycles. The lowest BCUT2D eigenvalue weighted by atomic mass is 10.3. The van der Waals surface area contributed by atoms with Crippen LogP contribution in [0.15, 0.2) is 24.3 Å². The van der Waals surface area contributed by atoms with Crippen molar-refractivity contribution in [1.29, 1.82) is 0 Å². The van der Waals surface area contributed by atoms with E-state index in [4.69, 9.17) is 34.8 Å². The van der Waals surface area contributed by atoms with E-state index in [1.807, 2.05) is 0 Å². The minimum absolute atomic E-state index is 0.0139. The summed E-state index contributed by atoms with van der Waals surface area (Å²) in [6.45, 7) is 0. The highest BCUT2D eigenvalue weighted by Crippen LogP contribution is 2.41. The molecule has 0 aliphatic rings. The first kappa shape index (κ1) is 13.8. The van der Waals surface area contributed by atoms with Crippen LogP contribution in [0.3, 0.4) is 0 Å². The Labute approximate surface area is 110 Å². The highest BCUT2D eigenvalue weighted by molar-refractivity contribution is 8.04. The van der Waals surface area contributed by atoms with Crippen molar-refractivity contribution in [2.75, 3.05) is 4.31 Å². The lowest BCUT2D eigenvalue weighted by Crippen LogP contribution is -2.22. The molecule has 0 spiro atoms. The number of rotatable bonds is 3. The molecule has 2 nitrogen and oxygen atoms in total. The van der Waals surface area contributed by atoms with Crippen molar-refractivity contribution < 1.29 is 13.6 Å². The van der Waals surface area contributed by atoms with Gasteiger partial charge in [-0.05, 0) is 18.2 Å². The molecule has 0 fully saturated rings. The zero-order chi connectivity index (χ0) is 12.3. The van der Waals surface area contributed by atoms with Gasteiger partial charge in [-0.15, -0.1) is 4.39 Å². The zero-order valence-electron chi connectivity index (χ0n) is 7.46. The molecule has 1 rings (SSSR count). The number of carbonyl (C=O) groups is 1. The lowest BCUT2D eigenvalue weighted by Gasteiger charge is -2.20. The van der Waals surface area contributed by atoms with Gasteiger partial charge < -0.3 is 0 Å². The molecule has 0 bridgehead atoms. The van der Waals surface area contributed by atoms with Crippen LogP contribution in [0.25, 0.3) is 0 Å². The minimum atomic E-state index is -2.82. The summed E-state index contributed by atoms with van der Waals surface area (Å²) in [5, 5.41) is 0.262. The second-order valence-corrected chi connectivity index (χ2v) is 5.79. The molecule has 0 aliphatic heterocycles. The van der Waals surface area contributed by atoms with E-state index in [-0.39, 0.29) is 22.7 Å². The van der Waals surface area contributed by atoms with Crippen molar-refractivity contribution in [2.24, 2.45) is 0 Å². The van der Waals surface area contributed by atoms with Crippen LogP contribution in [0.4, 0.5) is 19.3 Å². The molecule has 8 heteroatoms. The van der Waals surface area contributed by atoms with Crippen molar-refractivity contribution in [1.82, 2.24) is 0 Å². The molecule has 0 radical (unpaired) electrons. The number of benzene rings is 1. The molecular weight excluding hydrogens is 303 g/mol. The minimum Gasteiger partial charge on any atom is -0.233 e. The first-order chi connectivity index (χ1) is 7.29. The van der Waals surface area contributed by atoms with Crippen molar-refractivity contribution in [2.45, 2.75) is 3.92 Å². The summed E-state index contributed by atoms with van der Waals surface area (Å²) in [7, 11) is 0. The molecule has 0 aromatic heterocycles. The quantitative estimate of drug-likeness (QED) is 0.341. The number of anilines is 1. The second kappa shape index (κ2) is 5.40. The molecule has 0 heterocycles. The van der Waals surface area contributed by atoms with Crippen LogP contribution < -0.4 is 4.31 Å².